The second-order valence-electron chi connectivity index (χ2n) is 8.93. The van der Waals surface area contributed by atoms with E-state index < -0.39 is 0 Å². The predicted octanol–water partition coefficient (Wildman–Crippen LogP) is 5.18. The van der Waals surface area contributed by atoms with Gasteiger partial charge in [-0.2, -0.15) is 5.10 Å². The Morgan fingerprint density at radius 3 is 2.31 bits per heavy atom. The van der Waals surface area contributed by atoms with Crippen molar-refractivity contribution in [2.75, 3.05) is 7.11 Å². The van der Waals surface area contributed by atoms with Gasteiger partial charge in [-0.1, -0.05) is 43.7 Å². The Bertz CT molecular complexity index is 1240. The summed E-state index contributed by atoms with van der Waals surface area (Å²) in [7, 11) is 1.62. The number of aromatic nitrogens is 5. The number of ether oxygens (including phenoxy) is 1. The van der Waals surface area contributed by atoms with E-state index in [1.54, 1.807) is 13.4 Å². The molecule has 0 radical (unpaired) electrons. The van der Waals surface area contributed by atoms with E-state index >= 15 is 0 Å². The molecule has 3 heterocycles. The Morgan fingerprint density at radius 1 is 0.938 bits per heavy atom. The first-order chi connectivity index (χ1) is 15.3. The standard InChI is InChI=1S/C26H29N5O/c1-17-7-9-20(10-8-17)26(4,5)14-23-18(2)13-22(29-30-23)21-11-12-24(25(28-21)32-6)31-15-19(3)27-16-31/h7-13,15-16H,14H2,1-6H3. The molecule has 0 amide bonds. The molecule has 0 saturated heterocycles. The van der Waals surface area contributed by atoms with Crippen LogP contribution in [0.25, 0.3) is 17.1 Å². The Labute approximate surface area is 189 Å². The maximum atomic E-state index is 5.54. The molecule has 0 saturated carbocycles. The monoisotopic (exact) mass is 427 g/mol. The van der Waals surface area contributed by atoms with Crippen LogP contribution in [0.2, 0.25) is 0 Å². The topological polar surface area (TPSA) is 65.7 Å². The lowest BCUT2D eigenvalue weighted by Crippen LogP contribution is -2.22. The van der Waals surface area contributed by atoms with Crippen molar-refractivity contribution in [1.29, 1.82) is 0 Å². The van der Waals surface area contributed by atoms with Crippen molar-refractivity contribution >= 4 is 0 Å². The number of imidazole rings is 1. The third-order valence-corrected chi connectivity index (χ3v) is 5.82. The summed E-state index contributed by atoms with van der Waals surface area (Å²) in [5.41, 5.74) is 7.84. The number of aryl methyl sites for hydroxylation is 3. The van der Waals surface area contributed by atoms with Gasteiger partial charge in [-0.25, -0.2) is 9.97 Å². The predicted molar refractivity (Wildman–Crippen MR) is 126 cm³/mol. The molecule has 0 N–H and O–H groups in total. The van der Waals surface area contributed by atoms with Crippen LogP contribution in [-0.2, 0) is 11.8 Å². The third-order valence-electron chi connectivity index (χ3n) is 5.82. The maximum Gasteiger partial charge on any atom is 0.238 e. The van der Waals surface area contributed by atoms with E-state index in [4.69, 9.17) is 4.74 Å². The van der Waals surface area contributed by atoms with Crippen LogP contribution in [0, 0.1) is 20.8 Å². The molecule has 0 aliphatic carbocycles. The summed E-state index contributed by atoms with van der Waals surface area (Å²) in [6.07, 6.45) is 4.50. The first-order valence-electron chi connectivity index (χ1n) is 10.7. The first kappa shape index (κ1) is 21.7. The molecule has 0 atom stereocenters. The van der Waals surface area contributed by atoms with Crippen LogP contribution in [-0.4, -0.2) is 31.8 Å². The van der Waals surface area contributed by atoms with Crippen molar-refractivity contribution < 1.29 is 4.74 Å². The van der Waals surface area contributed by atoms with E-state index in [-0.39, 0.29) is 5.41 Å². The molecule has 1 aromatic carbocycles. The quantitative estimate of drug-likeness (QED) is 0.424. The Hall–Kier alpha value is -3.54. The summed E-state index contributed by atoms with van der Waals surface area (Å²) in [5, 5.41) is 9.07. The molecule has 3 aromatic heterocycles. The lowest BCUT2D eigenvalue weighted by atomic mass is 9.79. The molecule has 0 spiro atoms. The van der Waals surface area contributed by atoms with E-state index in [0.29, 0.717) is 5.88 Å². The summed E-state index contributed by atoms with van der Waals surface area (Å²) in [5.74, 6) is 0.518. The summed E-state index contributed by atoms with van der Waals surface area (Å²) in [6.45, 7) is 10.6. The van der Waals surface area contributed by atoms with Crippen LogP contribution in [0.15, 0.2) is 55.0 Å². The summed E-state index contributed by atoms with van der Waals surface area (Å²) in [6, 6.07) is 14.7. The van der Waals surface area contributed by atoms with Crippen LogP contribution >= 0.6 is 0 Å². The zero-order valence-electron chi connectivity index (χ0n) is 19.5. The minimum atomic E-state index is -0.0410. The van der Waals surface area contributed by atoms with Crippen molar-refractivity contribution in [2.45, 2.75) is 46.5 Å². The van der Waals surface area contributed by atoms with Crippen LogP contribution in [0.1, 0.15) is 41.9 Å². The van der Waals surface area contributed by atoms with Crippen LogP contribution in [0.5, 0.6) is 5.88 Å². The fourth-order valence-electron chi connectivity index (χ4n) is 3.81. The van der Waals surface area contributed by atoms with E-state index in [2.05, 4.69) is 78.2 Å². The number of hydrogen-bond donors (Lipinski definition) is 0. The fraction of sp³-hybridized carbons (Fsp3) is 0.308. The molecule has 0 unspecified atom stereocenters. The molecular formula is C26H29N5O. The van der Waals surface area contributed by atoms with Gasteiger partial charge in [0, 0.05) is 12.6 Å². The van der Waals surface area contributed by atoms with Crippen LogP contribution in [0.4, 0.5) is 0 Å². The molecule has 4 rings (SSSR count). The molecular weight excluding hydrogens is 398 g/mol. The van der Waals surface area contributed by atoms with E-state index in [1.165, 1.54) is 11.1 Å². The lowest BCUT2D eigenvalue weighted by molar-refractivity contribution is 0.396. The van der Waals surface area contributed by atoms with Gasteiger partial charge in [0.2, 0.25) is 5.88 Å². The summed E-state index contributed by atoms with van der Waals surface area (Å²) in [4.78, 5) is 8.96. The molecule has 4 aromatic rings. The van der Waals surface area contributed by atoms with Crippen molar-refractivity contribution in [3.63, 3.8) is 0 Å². The van der Waals surface area contributed by atoms with E-state index in [9.17, 15) is 0 Å². The zero-order valence-corrected chi connectivity index (χ0v) is 19.5. The Morgan fingerprint density at radius 2 is 1.69 bits per heavy atom. The van der Waals surface area contributed by atoms with Gasteiger partial charge in [0.25, 0.3) is 0 Å². The van der Waals surface area contributed by atoms with E-state index in [1.807, 2.05) is 29.8 Å². The van der Waals surface area contributed by atoms with Gasteiger partial charge in [0.1, 0.15) is 11.4 Å². The number of rotatable bonds is 6. The van der Waals surface area contributed by atoms with Gasteiger partial charge in [-0.05, 0) is 55.5 Å². The Kier molecular flexibility index (Phi) is 5.78. The van der Waals surface area contributed by atoms with Gasteiger partial charge in [0.05, 0.1) is 30.5 Å². The molecule has 0 bridgehead atoms. The molecule has 0 aliphatic heterocycles. The average molecular weight is 428 g/mol. The third kappa shape index (κ3) is 4.40. The number of benzene rings is 1. The molecule has 164 valence electrons. The van der Waals surface area contributed by atoms with Crippen molar-refractivity contribution in [1.82, 2.24) is 24.7 Å². The highest BCUT2D eigenvalue weighted by molar-refractivity contribution is 5.59. The highest BCUT2D eigenvalue weighted by atomic mass is 16.5. The largest absolute Gasteiger partial charge is 0.479 e. The zero-order chi connectivity index (χ0) is 22.9. The number of nitrogens with zero attached hydrogens (tertiary/aromatic N) is 5. The Balaban J connectivity index is 1.61. The minimum Gasteiger partial charge on any atom is -0.479 e. The molecule has 0 aliphatic rings. The average Bonchev–Trinajstić information content (AvgIpc) is 3.21. The minimum absolute atomic E-state index is 0.0410. The van der Waals surface area contributed by atoms with E-state index in [0.717, 1.165) is 40.4 Å². The highest BCUT2D eigenvalue weighted by Gasteiger charge is 2.23. The smallest absolute Gasteiger partial charge is 0.238 e. The van der Waals surface area contributed by atoms with Gasteiger partial charge in [-0.3, -0.25) is 0 Å². The molecule has 32 heavy (non-hydrogen) atoms. The van der Waals surface area contributed by atoms with Crippen molar-refractivity contribution in [3.8, 4) is 23.0 Å². The summed E-state index contributed by atoms with van der Waals surface area (Å²) < 4.78 is 7.44. The number of hydrogen-bond acceptors (Lipinski definition) is 5. The van der Waals surface area contributed by atoms with Gasteiger partial charge >= 0.3 is 0 Å². The second-order valence-corrected chi connectivity index (χ2v) is 8.93. The SMILES string of the molecule is COc1nc(-c2cc(C)c(CC(C)(C)c3ccc(C)cc3)nn2)ccc1-n1cnc(C)c1. The van der Waals surface area contributed by atoms with Crippen molar-refractivity contribution in [2.24, 2.45) is 0 Å². The van der Waals surface area contributed by atoms with Gasteiger partial charge in [0.15, 0.2) is 0 Å². The highest BCUT2D eigenvalue weighted by Crippen LogP contribution is 2.30. The molecule has 6 heteroatoms. The van der Waals surface area contributed by atoms with Crippen molar-refractivity contribution in [3.05, 3.63) is 83.1 Å². The molecule has 0 fully saturated rings. The van der Waals surface area contributed by atoms with Crippen LogP contribution in [0.3, 0.4) is 0 Å². The van der Waals surface area contributed by atoms with Gasteiger partial charge < -0.3 is 9.30 Å². The normalized spacial score (nSPS) is 11.6. The fourth-order valence-corrected chi connectivity index (χ4v) is 3.81. The second kappa shape index (κ2) is 8.54. The first-order valence-corrected chi connectivity index (χ1v) is 10.7. The number of pyridine rings is 1. The maximum absolute atomic E-state index is 5.54. The molecule has 6 nitrogen and oxygen atoms in total. The number of methoxy groups -OCH3 is 1. The summed E-state index contributed by atoms with van der Waals surface area (Å²) >= 11 is 0. The lowest BCUT2D eigenvalue weighted by Gasteiger charge is -2.25. The van der Waals surface area contributed by atoms with Crippen LogP contribution < -0.4 is 4.74 Å². The van der Waals surface area contributed by atoms with Gasteiger partial charge in [-0.15, -0.1) is 5.10 Å².